The maximum atomic E-state index is 10.7. The van der Waals surface area contributed by atoms with Crippen LogP contribution in [0.4, 0.5) is 9.59 Å². The maximum Gasteiger partial charge on any atom is 0.410 e. The lowest BCUT2D eigenvalue weighted by atomic mass is 10.8. The molecule has 0 saturated heterocycles. The number of nitrogens with one attached hydrogen (secondary N) is 2. The highest BCUT2D eigenvalue weighted by atomic mass is 16.7. The summed E-state index contributed by atoms with van der Waals surface area (Å²) in [6.07, 6.45) is -1.27. The zero-order valence-corrected chi connectivity index (χ0v) is 8.16. The van der Waals surface area contributed by atoms with Gasteiger partial charge in [-0.05, 0) is 6.92 Å². The summed E-state index contributed by atoms with van der Waals surface area (Å²) >= 11 is 0. The Labute approximate surface area is 81.7 Å². The van der Waals surface area contributed by atoms with Gasteiger partial charge in [-0.3, -0.25) is 0 Å². The minimum Gasteiger partial charge on any atom is -0.450 e. The predicted molar refractivity (Wildman–Crippen MR) is 46.5 cm³/mol. The first-order chi connectivity index (χ1) is 6.70. The van der Waals surface area contributed by atoms with Crippen LogP contribution in [0.25, 0.3) is 0 Å². The average molecular weight is 206 g/mol. The molecule has 7 nitrogen and oxygen atoms in total. The molecule has 7 heteroatoms. The normalized spacial score (nSPS) is 9.00. The third kappa shape index (κ3) is 7.17. The van der Waals surface area contributed by atoms with Gasteiger partial charge in [-0.15, -0.1) is 0 Å². The van der Waals surface area contributed by atoms with E-state index in [1.165, 1.54) is 7.11 Å². The van der Waals surface area contributed by atoms with E-state index in [0.29, 0.717) is 0 Å². The fourth-order valence-electron chi connectivity index (χ4n) is 0.534. The van der Waals surface area contributed by atoms with Crippen LogP contribution in [0.2, 0.25) is 0 Å². The molecule has 0 bridgehead atoms. The molecule has 14 heavy (non-hydrogen) atoms. The van der Waals surface area contributed by atoms with Gasteiger partial charge in [0.1, 0.15) is 0 Å². The molecule has 0 aliphatic heterocycles. The molecule has 0 aromatic carbocycles. The van der Waals surface area contributed by atoms with E-state index in [9.17, 15) is 9.59 Å². The summed E-state index contributed by atoms with van der Waals surface area (Å²) in [5.41, 5.74) is 0. The number of carbonyl (C=O) groups excluding carboxylic acids is 2. The molecule has 2 N–H and O–H groups in total. The second kappa shape index (κ2) is 8.11. The summed E-state index contributed by atoms with van der Waals surface area (Å²) < 4.78 is 13.5. The minimum atomic E-state index is -0.677. The number of rotatable bonds is 5. The number of methoxy groups -OCH3 is 1. The van der Waals surface area contributed by atoms with Crippen LogP contribution in [-0.2, 0) is 14.2 Å². The van der Waals surface area contributed by atoms with Crippen molar-refractivity contribution in [3.63, 3.8) is 0 Å². The van der Waals surface area contributed by atoms with Crippen molar-refractivity contribution in [3.05, 3.63) is 0 Å². The third-order valence-corrected chi connectivity index (χ3v) is 1.05. The third-order valence-electron chi connectivity index (χ3n) is 1.05. The molecule has 0 aromatic heterocycles. The van der Waals surface area contributed by atoms with Gasteiger partial charge in [0.25, 0.3) is 0 Å². The number of carbonyl (C=O) groups is 2. The summed E-state index contributed by atoms with van der Waals surface area (Å²) in [7, 11) is 1.39. The first-order valence-corrected chi connectivity index (χ1v) is 4.00. The number of amides is 2. The first-order valence-electron chi connectivity index (χ1n) is 4.00. The lowest BCUT2D eigenvalue weighted by molar-refractivity contribution is 0.0118. The molecule has 0 spiro atoms. The monoisotopic (exact) mass is 206 g/mol. The molecule has 0 aliphatic carbocycles. The smallest absolute Gasteiger partial charge is 0.410 e. The van der Waals surface area contributed by atoms with Crippen LogP contribution in [-0.4, -0.2) is 39.4 Å². The molecular formula is C7H14N2O5. The van der Waals surface area contributed by atoms with Gasteiger partial charge in [0.15, 0.2) is 6.79 Å². The molecule has 0 heterocycles. The van der Waals surface area contributed by atoms with E-state index >= 15 is 0 Å². The van der Waals surface area contributed by atoms with Crippen molar-refractivity contribution in [2.75, 3.05) is 27.2 Å². The molecule has 0 rings (SSSR count). The highest BCUT2D eigenvalue weighted by molar-refractivity contribution is 5.69. The maximum absolute atomic E-state index is 10.7. The minimum absolute atomic E-state index is 0.0542. The lowest BCUT2D eigenvalue weighted by Crippen LogP contribution is -2.37. The number of alkyl carbamates (subject to hydrolysis) is 2. The summed E-state index contributed by atoms with van der Waals surface area (Å²) in [5.74, 6) is 0. The highest BCUT2D eigenvalue weighted by Crippen LogP contribution is 1.77. The van der Waals surface area contributed by atoms with Crippen molar-refractivity contribution in [2.45, 2.75) is 6.92 Å². The molecule has 0 fully saturated rings. The van der Waals surface area contributed by atoms with E-state index in [2.05, 4.69) is 24.8 Å². The van der Waals surface area contributed by atoms with Gasteiger partial charge in [0.05, 0.1) is 13.3 Å². The zero-order valence-electron chi connectivity index (χ0n) is 8.16. The van der Waals surface area contributed by atoms with Crippen molar-refractivity contribution in [2.24, 2.45) is 0 Å². The quantitative estimate of drug-likeness (QED) is 0.619. The van der Waals surface area contributed by atoms with Crippen LogP contribution in [0.15, 0.2) is 0 Å². The fraction of sp³-hybridized carbons (Fsp3) is 0.714. The van der Waals surface area contributed by atoms with Crippen LogP contribution in [0.5, 0.6) is 0 Å². The number of hydrogen-bond donors (Lipinski definition) is 2. The molecule has 0 saturated carbocycles. The zero-order chi connectivity index (χ0) is 10.8. The van der Waals surface area contributed by atoms with Gasteiger partial charge in [-0.2, -0.15) is 0 Å². The molecule has 0 unspecified atom stereocenters. The van der Waals surface area contributed by atoms with Crippen molar-refractivity contribution in [1.29, 1.82) is 0 Å². The van der Waals surface area contributed by atoms with Crippen molar-refractivity contribution in [1.82, 2.24) is 10.6 Å². The van der Waals surface area contributed by atoms with E-state index in [1.54, 1.807) is 6.92 Å². The van der Waals surface area contributed by atoms with E-state index in [0.717, 1.165) is 0 Å². The van der Waals surface area contributed by atoms with Gasteiger partial charge >= 0.3 is 12.2 Å². The van der Waals surface area contributed by atoms with Gasteiger partial charge < -0.3 is 24.8 Å². The SMILES string of the molecule is CCOC(=O)NCNC(=O)OCOC. The summed E-state index contributed by atoms with van der Waals surface area (Å²) in [6.45, 7) is 1.77. The Hall–Kier alpha value is -1.50. The summed E-state index contributed by atoms with van der Waals surface area (Å²) in [5, 5.41) is 4.53. The molecule has 0 atom stereocenters. The Morgan fingerprint density at radius 1 is 1.14 bits per heavy atom. The Kier molecular flexibility index (Phi) is 7.24. The van der Waals surface area contributed by atoms with Crippen LogP contribution in [0.3, 0.4) is 0 Å². The average Bonchev–Trinajstić information content (AvgIpc) is 2.15. The van der Waals surface area contributed by atoms with Crippen molar-refractivity contribution < 1.29 is 23.8 Å². The Balaban J connectivity index is 3.34. The summed E-state index contributed by atoms with van der Waals surface area (Å²) in [4.78, 5) is 21.4. The molecular weight excluding hydrogens is 192 g/mol. The number of ether oxygens (including phenoxy) is 3. The summed E-state index contributed by atoms with van der Waals surface area (Å²) in [6, 6.07) is 0. The van der Waals surface area contributed by atoms with Gasteiger partial charge in [-0.1, -0.05) is 0 Å². The highest BCUT2D eigenvalue weighted by Gasteiger charge is 2.02. The Morgan fingerprint density at radius 3 is 2.21 bits per heavy atom. The van der Waals surface area contributed by atoms with Gasteiger partial charge in [0, 0.05) is 7.11 Å². The van der Waals surface area contributed by atoms with Gasteiger partial charge in [0.2, 0.25) is 0 Å². The fourth-order valence-corrected chi connectivity index (χ4v) is 0.534. The molecule has 2 amide bonds. The van der Waals surface area contributed by atoms with Crippen LogP contribution in [0.1, 0.15) is 6.92 Å². The van der Waals surface area contributed by atoms with E-state index in [1.807, 2.05) is 0 Å². The van der Waals surface area contributed by atoms with Crippen molar-refractivity contribution in [3.8, 4) is 0 Å². The molecule has 0 aliphatic rings. The molecule has 0 radical (unpaired) electrons. The van der Waals surface area contributed by atoms with Crippen molar-refractivity contribution >= 4 is 12.2 Å². The van der Waals surface area contributed by atoms with Crippen LogP contribution < -0.4 is 10.6 Å². The van der Waals surface area contributed by atoms with E-state index < -0.39 is 12.2 Å². The Morgan fingerprint density at radius 2 is 1.71 bits per heavy atom. The van der Waals surface area contributed by atoms with Crippen LogP contribution in [0, 0.1) is 0 Å². The lowest BCUT2D eigenvalue weighted by Gasteiger charge is -2.07. The van der Waals surface area contributed by atoms with E-state index in [-0.39, 0.29) is 20.1 Å². The van der Waals surface area contributed by atoms with E-state index in [4.69, 9.17) is 0 Å². The topological polar surface area (TPSA) is 85.9 Å². The first kappa shape index (κ1) is 12.5. The van der Waals surface area contributed by atoms with Gasteiger partial charge in [-0.25, -0.2) is 9.59 Å². The second-order valence-corrected chi connectivity index (χ2v) is 2.09. The largest absolute Gasteiger partial charge is 0.450 e. The Bertz CT molecular complexity index is 185. The molecule has 82 valence electrons. The number of hydrogen-bond acceptors (Lipinski definition) is 5. The standard InChI is InChI=1S/C7H14N2O5/c1-3-13-6(10)8-4-9-7(11)14-5-12-2/h3-5H2,1-2H3,(H,8,10)(H,9,11). The predicted octanol–water partition coefficient (Wildman–Crippen LogP) is 0.0201. The molecule has 0 aromatic rings. The van der Waals surface area contributed by atoms with Crippen LogP contribution >= 0.6 is 0 Å². The second-order valence-electron chi connectivity index (χ2n) is 2.09.